The van der Waals surface area contributed by atoms with Crippen molar-refractivity contribution >= 4 is 22.7 Å². The van der Waals surface area contributed by atoms with Gasteiger partial charge in [0.25, 0.3) is 0 Å². The Hall–Kier alpha value is -2.19. The van der Waals surface area contributed by atoms with Gasteiger partial charge < -0.3 is 14.8 Å². The van der Waals surface area contributed by atoms with Crippen molar-refractivity contribution in [2.75, 3.05) is 45.7 Å². The number of benzene rings is 1. The van der Waals surface area contributed by atoms with E-state index in [2.05, 4.69) is 71.7 Å². The topological polar surface area (TPSA) is 59.5 Å². The molecule has 1 fully saturated rings. The third-order valence-electron chi connectivity index (χ3n) is 5.85. The summed E-state index contributed by atoms with van der Waals surface area (Å²) in [6.07, 6.45) is 5.83. The molecule has 1 aliphatic rings. The quantitative estimate of drug-likeness (QED) is 0.440. The van der Waals surface area contributed by atoms with Crippen LogP contribution in [-0.4, -0.2) is 60.6 Å². The van der Waals surface area contributed by atoms with E-state index < -0.39 is 0 Å². The first-order valence-electron chi connectivity index (χ1n) is 11.7. The van der Waals surface area contributed by atoms with Crippen molar-refractivity contribution in [1.82, 2.24) is 20.2 Å². The van der Waals surface area contributed by atoms with Crippen molar-refractivity contribution in [2.24, 2.45) is 5.92 Å². The highest BCUT2D eigenvalue weighted by atomic mass is 32.2. The Labute approximate surface area is 201 Å². The van der Waals surface area contributed by atoms with Crippen LogP contribution in [0.5, 0.6) is 5.88 Å². The number of fused-ring (bicyclic) bond motifs is 1. The average molecular weight is 467 g/mol. The van der Waals surface area contributed by atoms with Gasteiger partial charge in [-0.05, 0) is 48.1 Å². The number of rotatable bonds is 10. The van der Waals surface area contributed by atoms with E-state index in [-0.39, 0.29) is 6.04 Å². The van der Waals surface area contributed by atoms with E-state index in [1.54, 1.807) is 11.8 Å². The van der Waals surface area contributed by atoms with Crippen LogP contribution in [0.25, 0.3) is 10.9 Å². The SMILES string of the molecule is CSc1ccc2cc(CNCC(c3ccncc3)N3CCOCC3)c(OCC(C)C)nc2c1. The predicted molar refractivity (Wildman–Crippen MR) is 135 cm³/mol. The monoisotopic (exact) mass is 466 g/mol. The number of aromatic nitrogens is 2. The molecule has 1 N–H and O–H groups in total. The van der Waals surface area contributed by atoms with Crippen molar-refractivity contribution in [2.45, 2.75) is 31.3 Å². The third-order valence-corrected chi connectivity index (χ3v) is 6.57. The lowest BCUT2D eigenvalue weighted by Crippen LogP contribution is -2.42. The van der Waals surface area contributed by atoms with Crippen LogP contribution in [0.15, 0.2) is 53.7 Å². The van der Waals surface area contributed by atoms with Gasteiger partial charge in [-0.2, -0.15) is 0 Å². The molecule has 33 heavy (non-hydrogen) atoms. The Balaban J connectivity index is 1.52. The second-order valence-corrected chi connectivity index (χ2v) is 9.67. The van der Waals surface area contributed by atoms with Gasteiger partial charge in [-0.1, -0.05) is 19.9 Å². The van der Waals surface area contributed by atoms with E-state index in [4.69, 9.17) is 14.5 Å². The maximum atomic E-state index is 6.15. The molecule has 0 radical (unpaired) electrons. The highest BCUT2D eigenvalue weighted by Crippen LogP contribution is 2.27. The van der Waals surface area contributed by atoms with Crippen molar-refractivity contribution in [3.8, 4) is 5.88 Å². The summed E-state index contributed by atoms with van der Waals surface area (Å²) in [5.41, 5.74) is 3.35. The molecule has 0 saturated carbocycles. The molecule has 4 rings (SSSR count). The first kappa shape index (κ1) is 24.0. The molecule has 1 saturated heterocycles. The van der Waals surface area contributed by atoms with Gasteiger partial charge in [0.1, 0.15) is 0 Å². The van der Waals surface area contributed by atoms with Crippen molar-refractivity contribution in [3.05, 3.63) is 59.9 Å². The van der Waals surface area contributed by atoms with E-state index in [1.807, 2.05) is 12.4 Å². The van der Waals surface area contributed by atoms with Gasteiger partial charge in [0.2, 0.25) is 5.88 Å². The van der Waals surface area contributed by atoms with Crippen LogP contribution in [0.1, 0.15) is 31.0 Å². The summed E-state index contributed by atoms with van der Waals surface area (Å²) in [4.78, 5) is 12.8. The molecule has 0 aliphatic carbocycles. The molecule has 1 atom stereocenters. The normalized spacial score (nSPS) is 15.8. The van der Waals surface area contributed by atoms with Gasteiger partial charge in [-0.3, -0.25) is 9.88 Å². The zero-order valence-electron chi connectivity index (χ0n) is 19.8. The fourth-order valence-corrected chi connectivity index (χ4v) is 4.51. The Morgan fingerprint density at radius 3 is 2.64 bits per heavy atom. The third kappa shape index (κ3) is 6.44. The van der Waals surface area contributed by atoms with E-state index >= 15 is 0 Å². The Morgan fingerprint density at radius 1 is 1.12 bits per heavy atom. The first-order chi connectivity index (χ1) is 16.1. The largest absolute Gasteiger partial charge is 0.477 e. The molecule has 0 bridgehead atoms. The molecular formula is C26H34N4O2S. The molecule has 6 nitrogen and oxygen atoms in total. The number of nitrogens with one attached hydrogen (secondary N) is 1. The molecular weight excluding hydrogens is 432 g/mol. The zero-order valence-corrected chi connectivity index (χ0v) is 20.6. The van der Waals surface area contributed by atoms with E-state index in [0.717, 1.165) is 55.2 Å². The Bertz CT molecular complexity index is 1030. The van der Waals surface area contributed by atoms with Gasteiger partial charge in [0.15, 0.2) is 0 Å². The molecule has 0 amide bonds. The second-order valence-electron chi connectivity index (χ2n) is 8.79. The molecule has 3 heterocycles. The summed E-state index contributed by atoms with van der Waals surface area (Å²) in [6.45, 7) is 9.94. The molecule has 1 unspecified atom stereocenters. The van der Waals surface area contributed by atoms with E-state index in [9.17, 15) is 0 Å². The lowest BCUT2D eigenvalue weighted by atomic mass is 10.1. The zero-order chi connectivity index (χ0) is 23.0. The Morgan fingerprint density at radius 2 is 1.91 bits per heavy atom. The summed E-state index contributed by atoms with van der Waals surface area (Å²) < 4.78 is 11.7. The van der Waals surface area contributed by atoms with Crippen molar-refractivity contribution in [1.29, 1.82) is 0 Å². The minimum absolute atomic E-state index is 0.273. The summed E-state index contributed by atoms with van der Waals surface area (Å²) in [7, 11) is 0. The van der Waals surface area contributed by atoms with Gasteiger partial charge in [-0.25, -0.2) is 4.98 Å². The molecule has 7 heteroatoms. The maximum absolute atomic E-state index is 6.15. The standard InChI is InChI=1S/C26H34N4O2S/c1-19(2)18-32-26-22(14-21-4-5-23(33-3)15-24(21)29-26)16-28-17-25(20-6-8-27-9-7-20)30-10-12-31-13-11-30/h4-9,14-15,19,25,28H,10-13,16-18H2,1-3H3. The number of nitrogens with zero attached hydrogens (tertiary/aromatic N) is 3. The average Bonchev–Trinajstić information content (AvgIpc) is 2.86. The number of thioether (sulfide) groups is 1. The number of ether oxygens (including phenoxy) is 2. The number of hydrogen-bond donors (Lipinski definition) is 1. The van der Waals surface area contributed by atoms with Crippen molar-refractivity contribution < 1.29 is 9.47 Å². The highest BCUT2D eigenvalue weighted by Gasteiger charge is 2.22. The number of pyridine rings is 2. The number of morpholine rings is 1. The van der Waals surface area contributed by atoms with Crippen LogP contribution in [0.2, 0.25) is 0 Å². The molecule has 1 aliphatic heterocycles. The lowest BCUT2D eigenvalue weighted by molar-refractivity contribution is 0.0160. The van der Waals surface area contributed by atoms with Gasteiger partial charge in [0, 0.05) is 60.5 Å². The van der Waals surface area contributed by atoms with Crippen LogP contribution in [-0.2, 0) is 11.3 Å². The van der Waals surface area contributed by atoms with Crippen LogP contribution in [0.3, 0.4) is 0 Å². The molecule has 2 aromatic heterocycles. The lowest BCUT2D eigenvalue weighted by Gasteiger charge is -2.35. The van der Waals surface area contributed by atoms with Crippen LogP contribution in [0, 0.1) is 5.92 Å². The summed E-state index contributed by atoms with van der Waals surface area (Å²) >= 11 is 1.73. The Kier molecular flexibility index (Phi) is 8.56. The fourth-order valence-electron chi connectivity index (χ4n) is 4.07. The molecule has 3 aromatic rings. The minimum Gasteiger partial charge on any atom is -0.477 e. The van der Waals surface area contributed by atoms with Crippen molar-refractivity contribution in [3.63, 3.8) is 0 Å². The van der Waals surface area contributed by atoms with Gasteiger partial charge in [0.05, 0.1) is 25.3 Å². The van der Waals surface area contributed by atoms with Crippen LogP contribution >= 0.6 is 11.8 Å². The van der Waals surface area contributed by atoms with Gasteiger partial charge >= 0.3 is 0 Å². The van der Waals surface area contributed by atoms with Crippen LogP contribution in [0.4, 0.5) is 0 Å². The fraction of sp³-hybridized carbons (Fsp3) is 0.462. The highest BCUT2D eigenvalue weighted by molar-refractivity contribution is 7.98. The van der Waals surface area contributed by atoms with E-state index in [0.29, 0.717) is 19.1 Å². The smallest absolute Gasteiger partial charge is 0.218 e. The maximum Gasteiger partial charge on any atom is 0.218 e. The first-order valence-corrected chi connectivity index (χ1v) is 12.9. The number of hydrogen-bond acceptors (Lipinski definition) is 7. The molecule has 0 spiro atoms. The van der Waals surface area contributed by atoms with E-state index in [1.165, 1.54) is 10.5 Å². The van der Waals surface area contributed by atoms with Crippen LogP contribution < -0.4 is 10.1 Å². The minimum atomic E-state index is 0.273. The summed E-state index contributed by atoms with van der Waals surface area (Å²) in [5.74, 6) is 1.17. The summed E-state index contributed by atoms with van der Waals surface area (Å²) in [6, 6.07) is 13.1. The second kappa shape index (κ2) is 11.8. The summed E-state index contributed by atoms with van der Waals surface area (Å²) in [5, 5.41) is 4.83. The predicted octanol–water partition coefficient (Wildman–Crippen LogP) is 4.55. The molecule has 1 aromatic carbocycles. The molecule has 176 valence electrons. The van der Waals surface area contributed by atoms with Gasteiger partial charge in [-0.15, -0.1) is 11.8 Å².